The summed E-state index contributed by atoms with van der Waals surface area (Å²) < 4.78 is 27.8. The second kappa shape index (κ2) is 9.61. The maximum absolute atomic E-state index is 13.3. The number of amides is 2. The van der Waals surface area contributed by atoms with Crippen LogP contribution in [-0.4, -0.2) is 46.0 Å². The number of nitrogens with one attached hydrogen (secondary N) is 2. The predicted octanol–water partition coefficient (Wildman–Crippen LogP) is 2.12. The van der Waals surface area contributed by atoms with E-state index < -0.39 is 23.1 Å². The average molecular weight is 477 g/mol. The van der Waals surface area contributed by atoms with E-state index >= 15 is 0 Å². The Hall–Kier alpha value is -3.41. The van der Waals surface area contributed by atoms with E-state index in [4.69, 9.17) is 0 Å². The van der Waals surface area contributed by atoms with Gasteiger partial charge in [-0.3, -0.25) is 19.0 Å². The summed E-state index contributed by atoms with van der Waals surface area (Å²) in [6.45, 7) is 3.44. The van der Waals surface area contributed by atoms with Crippen molar-refractivity contribution >= 4 is 44.3 Å². The number of aromatic nitrogens is 3. The van der Waals surface area contributed by atoms with Gasteiger partial charge in [-0.05, 0) is 31.9 Å². The second-order valence-electron chi connectivity index (χ2n) is 7.66. The molecule has 2 N–H and O–H groups in total. The summed E-state index contributed by atoms with van der Waals surface area (Å²) in [5.41, 5.74) is -0.0402. The number of carbonyl (C=O) groups excluding carboxylic acids is 2. The van der Waals surface area contributed by atoms with Crippen molar-refractivity contribution in [3.8, 4) is 0 Å². The van der Waals surface area contributed by atoms with E-state index in [-0.39, 0.29) is 24.1 Å². The van der Waals surface area contributed by atoms with Crippen molar-refractivity contribution in [3.05, 3.63) is 46.5 Å². The third-order valence-electron chi connectivity index (χ3n) is 5.38. The summed E-state index contributed by atoms with van der Waals surface area (Å²) in [5, 5.41) is 5.92. The highest BCUT2D eigenvalue weighted by molar-refractivity contribution is 7.22. The zero-order chi connectivity index (χ0) is 23.5. The number of anilines is 2. The van der Waals surface area contributed by atoms with E-state index in [1.807, 2.05) is 11.8 Å². The molecular weight excluding hydrogens is 454 g/mol. The molecule has 0 radical (unpaired) electrons. The van der Waals surface area contributed by atoms with Gasteiger partial charge >= 0.3 is 0 Å². The molecule has 9 nitrogen and oxygen atoms in total. The van der Waals surface area contributed by atoms with E-state index in [0.29, 0.717) is 48.0 Å². The molecule has 1 aliphatic heterocycles. The Morgan fingerprint density at radius 3 is 2.67 bits per heavy atom. The predicted molar refractivity (Wildman–Crippen MR) is 120 cm³/mol. The minimum absolute atomic E-state index is 0.0287. The van der Waals surface area contributed by atoms with E-state index in [2.05, 4.69) is 20.6 Å². The van der Waals surface area contributed by atoms with Gasteiger partial charge in [0.25, 0.3) is 5.56 Å². The molecule has 0 unspecified atom stereocenters. The first-order valence-electron chi connectivity index (χ1n) is 10.5. The largest absolute Gasteiger partial charge is 0.356 e. The maximum Gasteiger partial charge on any atom is 0.273 e. The highest BCUT2D eigenvalue weighted by Crippen LogP contribution is 2.29. The smallest absolute Gasteiger partial charge is 0.273 e. The van der Waals surface area contributed by atoms with Gasteiger partial charge in [-0.15, -0.1) is 0 Å². The number of thiazole rings is 1. The number of rotatable bonds is 6. The summed E-state index contributed by atoms with van der Waals surface area (Å²) >= 11 is 1.19. The number of piperidine rings is 1. The van der Waals surface area contributed by atoms with Gasteiger partial charge in [-0.25, -0.2) is 13.8 Å². The van der Waals surface area contributed by atoms with Gasteiger partial charge in [0.05, 0.1) is 0 Å². The first-order valence-corrected chi connectivity index (χ1v) is 11.3. The fourth-order valence-electron chi connectivity index (χ4n) is 3.66. The van der Waals surface area contributed by atoms with Crippen molar-refractivity contribution in [2.45, 2.75) is 26.3 Å². The fraction of sp³-hybridized carbons (Fsp3) is 0.381. The molecule has 1 saturated heterocycles. The molecule has 2 aromatic heterocycles. The number of halogens is 2. The number of fused-ring (bicyclic) bond motifs is 1. The van der Waals surface area contributed by atoms with Gasteiger partial charge in [-0.2, -0.15) is 4.98 Å². The van der Waals surface area contributed by atoms with E-state index in [1.165, 1.54) is 23.7 Å². The van der Waals surface area contributed by atoms with Crippen molar-refractivity contribution in [1.82, 2.24) is 19.9 Å². The standard InChI is InChI=1S/C21H22F2N6O3S/c1-2-24-19(31)12-5-7-28(8-6-12)21-27-18-17(33-21)20(32)29(11-25-18)10-16(30)26-13-3-4-14(22)15(23)9-13/h3-4,9,11-12H,2,5-8,10H2,1H3,(H,24,31)(H,26,30). The summed E-state index contributed by atoms with van der Waals surface area (Å²) in [4.78, 5) is 47.8. The molecule has 1 fully saturated rings. The molecule has 1 aliphatic rings. The van der Waals surface area contributed by atoms with Crippen molar-refractivity contribution in [2.75, 3.05) is 29.9 Å². The number of hydrogen-bond donors (Lipinski definition) is 2. The SMILES string of the molecule is CCNC(=O)C1CCN(c2nc3ncn(CC(=O)Nc4ccc(F)c(F)c4)c(=O)c3s2)CC1. The lowest BCUT2D eigenvalue weighted by Crippen LogP contribution is -2.40. The van der Waals surface area contributed by atoms with Crippen molar-refractivity contribution in [2.24, 2.45) is 5.92 Å². The fourth-order valence-corrected chi connectivity index (χ4v) is 4.68. The molecule has 174 valence electrons. The van der Waals surface area contributed by atoms with Gasteiger partial charge < -0.3 is 15.5 Å². The molecule has 0 spiro atoms. The third-order valence-corrected chi connectivity index (χ3v) is 6.47. The first-order chi connectivity index (χ1) is 15.9. The molecule has 12 heteroatoms. The minimum atomic E-state index is -1.08. The Bertz CT molecular complexity index is 1250. The quantitative estimate of drug-likeness (QED) is 0.564. The van der Waals surface area contributed by atoms with Crippen LogP contribution in [0.3, 0.4) is 0 Å². The molecule has 3 heterocycles. The Morgan fingerprint density at radius 1 is 1.21 bits per heavy atom. The normalized spacial score (nSPS) is 14.5. The van der Waals surface area contributed by atoms with E-state index in [9.17, 15) is 23.2 Å². The Kier molecular flexibility index (Phi) is 6.63. The molecular formula is C21H22F2N6O3S. The van der Waals surface area contributed by atoms with E-state index in [1.54, 1.807) is 0 Å². The second-order valence-corrected chi connectivity index (χ2v) is 8.64. The average Bonchev–Trinajstić information content (AvgIpc) is 3.24. The molecule has 0 saturated carbocycles. The molecule has 33 heavy (non-hydrogen) atoms. The summed E-state index contributed by atoms with van der Waals surface area (Å²) in [5.74, 6) is -2.65. The lowest BCUT2D eigenvalue weighted by Gasteiger charge is -2.30. The van der Waals surface area contributed by atoms with Gasteiger partial charge in [0, 0.05) is 37.3 Å². The van der Waals surface area contributed by atoms with E-state index in [0.717, 1.165) is 16.7 Å². The highest BCUT2D eigenvalue weighted by atomic mass is 32.1. The molecule has 0 aliphatic carbocycles. The van der Waals surface area contributed by atoms with Crippen LogP contribution in [0.25, 0.3) is 10.3 Å². The van der Waals surface area contributed by atoms with Crippen LogP contribution in [-0.2, 0) is 16.1 Å². The van der Waals surface area contributed by atoms with Crippen LogP contribution in [0.2, 0.25) is 0 Å². The summed E-state index contributed by atoms with van der Waals surface area (Å²) in [6.07, 6.45) is 2.63. The zero-order valence-electron chi connectivity index (χ0n) is 17.8. The van der Waals surface area contributed by atoms with Crippen LogP contribution in [0.4, 0.5) is 19.6 Å². The highest BCUT2D eigenvalue weighted by Gasteiger charge is 2.26. The van der Waals surface area contributed by atoms with Crippen LogP contribution in [0.15, 0.2) is 29.3 Å². The van der Waals surface area contributed by atoms with Crippen LogP contribution >= 0.6 is 11.3 Å². The minimum Gasteiger partial charge on any atom is -0.356 e. The molecule has 2 amide bonds. The van der Waals surface area contributed by atoms with Gasteiger partial charge in [-0.1, -0.05) is 11.3 Å². The van der Waals surface area contributed by atoms with Crippen LogP contribution in [0.1, 0.15) is 19.8 Å². The molecule has 0 atom stereocenters. The van der Waals surface area contributed by atoms with Crippen molar-refractivity contribution in [3.63, 3.8) is 0 Å². The van der Waals surface area contributed by atoms with Crippen molar-refractivity contribution in [1.29, 1.82) is 0 Å². The summed E-state index contributed by atoms with van der Waals surface area (Å²) in [7, 11) is 0. The monoisotopic (exact) mass is 476 g/mol. The molecule has 4 rings (SSSR count). The number of hydrogen-bond acceptors (Lipinski definition) is 7. The van der Waals surface area contributed by atoms with Crippen LogP contribution in [0.5, 0.6) is 0 Å². The topological polar surface area (TPSA) is 109 Å². The van der Waals surface area contributed by atoms with Gasteiger partial charge in [0.2, 0.25) is 11.8 Å². The van der Waals surface area contributed by atoms with Crippen molar-refractivity contribution < 1.29 is 18.4 Å². The summed E-state index contributed by atoms with van der Waals surface area (Å²) in [6, 6.07) is 3.00. The lowest BCUT2D eigenvalue weighted by atomic mass is 9.96. The molecule has 0 bridgehead atoms. The lowest BCUT2D eigenvalue weighted by molar-refractivity contribution is -0.125. The van der Waals surface area contributed by atoms with Crippen LogP contribution in [0, 0.1) is 17.6 Å². The van der Waals surface area contributed by atoms with Gasteiger partial charge in [0.1, 0.15) is 17.6 Å². The Balaban J connectivity index is 1.45. The molecule has 3 aromatic rings. The van der Waals surface area contributed by atoms with Gasteiger partial charge in [0.15, 0.2) is 22.4 Å². The Morgan fingerprint density at radius 2 is 1.97 bits per heavy atom. The number of carbonyl (C=O) groups is 2. The third kappa shape index (κ3) is 5.00. The number of benzene rings is 1. The number of nitrogens with zero attached hydrogens (tertiary/aromatic N) is 4. The maximum atomic E-state index is 13.3. The Labute approximate surface area is 191 Å². The zero-order valence-corrected chi connectivity index (χ0v) is 18.6. The van der Waals surface area contributed by atoms with Crippen LogP contribution < -0.4 is 21.1 Å². The first kappa shape index (κ1) is 22.8. The molecule has 1 aromatic carbocycles.